The van der Waals surface area contributed by atoms with Gasteiger partial charge in [0.15, 0.2) is 0 Å². The van der Waals surface area contributed by atoms with Gasteiger partial charge in [-0.1, -0.05) is 24.3 Å². The van der Waals surface area contributed by atoms with E-state index in [9.17, 15) is 4.79 Å². The van der Waals surface area contributed by atoms with Gasteiger partial charge >= 0.3 is 5.97 Å². The van der Waals surface area contributed by atoms with Crippen LogP contribution in [-0.2, 0) is 11.2 Å². The number of thiazole rings is 1. The Balaban J connectivity index is 2.10. The molecule has 2 aromatic rings. The SMILES string of the molecule is Cc1csc(-c2ccc(CCC(=O)O)cc2)n1. The molecular weight excluding hydrogens is 234 g/mol. The van der Waals surface area contributed by atoms with E-state index in [2.05, 4.69) is 4.98 Å². The number of carboxylic acid groups (broad SMARTS) is 1. The molecule has 17 heavy (non-hydrogen) atoms. The number of carboxylic acids is 1. The summed E-state index contributed by atoms with van der Waals surface area (Å²) in [5.41, 5.74) is 3.16. The van der Waals surface area contributed by atoms with Crippen molar-refractivity contribution in [1.82, 2.24) is 4.98 Å². The summed E-state index contributed by atoms with van der Waals surface area (Å²) >= 11 is 1.62. The molecular formula is C13H13NO2S. The number of nitrogens with zero attached hydrogens (tertiary/aromatic N) is 1. The summed E-state index contributed by atoms with van der Waals surface area (Å²) in [4.78, 5) is 14.9. The van der Waals surface area contributed by atoms with Gasteiger partial charge in [0.25, 0.3) is 0 Å². The first-order chi connectivity index (χ1) is 8.15. The molecule has 0 aliphatic heterocycles. The van der Waals surface area contributed by atoms with E-state index >= 15 is 0 Å². The fourth-order valence-electron chi connectivity index (χ4n) is 1.55. The third kappa shape index (κ3) is 3.14. The van der Waals surface area contributed by atoms with Crippen LogP contribution in [0.15, 0.2) is 29.6 Å². The average Bonchev–Trinajstić information content (AvgIpc) is 2.74. The maximum absolute atomic E-state index is 10.5. The van der Waals surface area contributed by atoms with Crippen molar-refractivity contribution in [3.63, 3.8) is 0 Å². The molecule has 88 valence electrons. The van der Waals surface area contributed by atoms with E-state index in [1.807, 2.05) is 36.6 Å². The molecule has 0 fully saturated rings. The molecule has 0 saturated carbocycles. The van der Waals surface area contributed by atoms with Crippen LogP contribution in [0.5, 0.6) is 0 Å². The molecule has 0 amide bonds. The molecule has 0 unspecified atom stereocenters. The van der Waals surface area contributed by atoms with Crippen molar-refractivity contribution >= 4 is 17.3 Å². The van der Waals surface area contributed by atoms with Gasteiger partial charge in [0.1, 0.15) is 5.01 Å². The Morgan fingerprint density at radius 1 is 1.35 bits per heavy atom. The Morgan fingerprint density at radius 2 is 2.06 bits per heavy atom. The highest BCUT2D eigenvalue weighted by atomic mass is 32.1. The lowest BCUT2D eigenvalue weighted by Gasteiger charge is -2.00. The summed E-state index contributed by atoms with van der Waals surface area (Å²) in [6.07, 6.45) is 0.752. The zero-order chi connectivity index (χ0) is 12.3. The number of aryl methyl sites for hydroxylation is 2. The van der Waals surface area contributed by atoms with Crippen LogP contribution in [0.4, 0.5) is 0 Å². The van der Waals surface area contributed by atoms with Crippen LogP contribution in [0, 0.1) is 6.92 Å². The Morgan fingerprint density at radius 3 is 2.59 bits per heavy atom. The maximum Gasteiger partial charge on any atom is 0.303 e. The summed E-state index contributed by atoms with van der Waals surface area (Å²) in [5, 5.41) is 11.6. The van der Waals surface area contributed by atoms with E-state index in [0.717, 1.165) is 21.8 Å². The predicted octanol–water partition coefficient (Wildman–Crippen LogP) is 3.14. The van der Waals surface area contributed by atoms with Gasteiger partial charge in [0.05, 0.1) is 0 Å². The number of benzene rings is 1. The van der Waals surface area contributed by atoms with Crippen molar-refractivity contribution in [1.29, 1.82) is 0 Å². The van der Waals surface area contributed by atoms with E-state index < -0.39 is 5.97 Å². The Kier molecular flexibility index (Phi) is 3.54. The van der Waals surface area contributed by atoms with Gasteiger partial charge in [-0.25, -0.2) is 4.98 Å². The first kappa shape index (κ1) is 11.8. The van der Waals surface area contributed by atoms with Crippen molar-refractivity contribution in [3.05, 3.63) is 40.9 Å². The molecule has 0 aliphatic rings. The molecule has 0 bridgehead atoms. The van der Waals surface area contributed by atoms with Crippen LogP contribution in [0.25, 0.3) is 10.6 Å². The number of carbonyl (C=O) groups is 1. The van der Waals surface area contributed by atoms with Gasteiger partial charge < -0.3 is 5.11 Å². The lowest BCUT2D eigenvalue weighted by molar-refractivity contribution is -0.136. The molecule has 4 heteroatoms. The van der Waals surface area contributed by atoms with Crippen molar-refractivity contribution in [2.45, 2.75) is 19.8 Å². The number of hydrogen-bond donors (Lipinski definition) is 1. The molecule has 1 aromatic heterocycles. The number of rotatable bonds is 4. The smallest absolute Gasteiger partial charge is 0.303 e. The largest absolute Gasteiger partial charge is 0.481 e. The number of hydrogen-bond acceptors (Lipinski definition) is 3. The summed E-state index contributed by atoms with van der Waals surface area (Å²) in [7, 11) is 0. The normalized spacial score (nSPS) is 10.4. The molecule has 0 spiro atoms. The van der Waals surface area contributed by atoms with Gasteiger partial charge in [-0.15, -0.1) is 11.3 Å². The Hall–Kier alpha value is -1.68. The van der Waals surface area contributed by atoms with E-state index in [0.29, 0.717) is 6.42 Å². The van der Waals surface area contributed by atoms with Gasteiger partial charge in [0, 0.05) is 23.1 Å². The molecule has 3 nitrogen and oxygen atoms in total. The molecule has 1 aromatic carbocycles. The summed E-state index contributed by atoms with van der Waals surface area (Å²) in [6, 6.07) is 7.93. The quantitative estimate of drug-likeness (QED) is 0.903. The fourth-order valence-corrected chi connectivity index (χ4v) is 2.36. The lowest BCUT2D eigenvalue weighted by Crippen LogP contribution is -1.97. The van der Waals surface area contributed by atoms with Crippen LogP contribution in [0.1, 0.15) is 17.7 Å². The van der Waals surface area contributed by atoms with E-state index in [1.165, 1.54) is 0 Å². The van der Waals surface area contributed by atoms with Crippen molar-refractivity contribution in [2.75, 3.05) is 0 Å². The van der Waals surface area contributed by atoms with Crippen molar-refractivity contribution < 1.29 is 9.90 Å². The van der Waals surface area contributed by atoms with Crippen molar-refractivity contribution in [3.8, 4) is 10.6 Å². The van der Waals surface area contributed by atoms with E-state index in [4.69, 9.17) is 5.11 Å². The van der Waals surface area contributed by atoms with Crippen LogP contribution in [0.2, 0.25) is 0 Å². The molecule has 0 aliphatic carbocycles. The molecule has 0 atom stereocenters. The van der Waals surface area contributed by atoms with E-state index in [1.54, 1.807) is 11.3 Å². The fraction of sp³-hybridized carbons (Fsp3) is 0.231. The molecule has 0 radical (unpaired) electrons. The van der Waals surface area contributed by atoms with Crippen LogP contribution >= 0.6 is 11.3 Å². The second-order valence-electron chi connectivity index (χ2n) is 3.88. The van der Waals surface area contributed by atoms with Gasteiger partial charge in [-0.3, -0.25) is 4.79 Å². The minimum absolute atomic E-state index is 0.176. The predicted molar refractivity (Wildman–Crippen MR) is 68.2 cm³/mol. The van der Waals surface area contributed by atoms with Gasteiger partial charge in [0.2, 0.25) is 0 Å². The highest BCUT2D eigenvalue weighted by Gasteiger charge is 2.03. The minimum atomic E-state index is -0.760. The van der Waals surface area contributed by atoms with Crippen LogP contribution < -0.4 is 0 Å². The molecule has 1 heterocycles. The second-order valence-corrected chi connectivity index (χ2v) is 4.74. The monoisotopic (exact) mass is 247 g/mol. The third-order valence-corrected chi connectivity index (χ3v) is 3.46. The average molecular weight is 247 g/mol. The standard InChI is InChI=1S/C13H13NO2S/c1-9-8-17-13(14-9)11-5-2-10(3-6-11)4-7-12(15)16/h2-3,5-6,8H,4,7H2,1H3,(H,15,16). The van der Waals surface area contributed by atoms with E-state index in [-0.39, 0.29) is 6.42 Å². The number of aliphatic carboxylic acids is 1. The third-order valence-electron chi connectivity index (χ3n) is 2.45. The Bertz CT molecular complexity index is 516. The first-order valence-corrected chi connectivity index (χ1v) is 6.26. The zero-order valence-electron chi connectivity index (χ0n) is 9.51. The van der Waals surface area contributed by atoms with Crippen molar-refractivity contribution in [2.24, 2.45) is 0 Å². The van der Waals surface area contributed by atoms with Crippen LogP contribution in [0.3, 0.4) is 0 Å². The minimum Gasteiger partial charge on any atom is -0.481 e. The van der Waals surface area contributed by atoms with Gasteiger partial charge in [-0.05, 0) is 18.9 Å². The highest BCUT2D eigenvalue weighted by Crippen LogP contribution is 2.23. The molecule has 2 rings (SSSR count). The molecule has 1 N–H and O–H groups in total. The molecule has 0 saturated heterocycles. The second kappa shape index (κ2) is 5.10. The maximum atomic E-state index is 10.5. The van der Waals surface area contributed by atoms with Gasteiger partial charge in [-0.2, -0.15) is 0 Å². The lowest BCUT2D eigenvalue weighted by atomic mass is 10.1. The zero-order valence-corrected chi connectivity index (χ0v) is 10.3. The highest BCUT2D eigenvalue weighted by molar-refractivity contribution is 7.13. The summed E-state index contributed by atoms with van der Waals surface area (Å²) in [6.45, 7) is 1.97. The number of aromatic nitrogens is 1. The topological polar surface area (TPSA) is 50.2 Å². The first-order valence-electron chi connectivity index (χ1n) is 5.38. The summed E-state index contributed by atoms with van der Waals surface area (Å²) < 4.78 is 0. The Labute approximate surface area is 104 Å². The summed E-state index contributed by atoms with van der Waals surface area (Å²) in [5.74, 6) is -0.760. The van der Waals surface area contributed by atoms with Crippen LogP contribution in [-0.4, -0.2) is 16.1 Å².